The number of alkyl halides is 3. The van der Waals surface area contributed by atoms with Gasteiger partial charge in [-0.25, -0.2) is 4.98 Å². The van der Waals surface area contributed by atoms with Gasteiger partial charge < -0.3 is 4.90 Å². The average Bonchev–Trinajstić information content (AvgIpc) is 2.42. The van der Waals surface area contributed by atoms with Gasteiger partial charge in [-0.05, 0) is 40.7 Å². The van der Waals surface area contributed by atoms with Gasteiger partial charge in [0.1, 0.15) is 11.1 Å². The highest BCUT2D eigenvalue weighted by molar-refractivity contribution is 8.00. The lowest BCUT2D eigenvalue weighted by atomic mass is 10.1. The lowest BCUT2D eigenvalue weighted by Crippen LogP contribution is -2.43. The number of aromatic nitrogens is 1. The average molecular weight is 359 g/mol. The van der Waals surface area contributed by atoms with E-state index < -0.39 is 17.3 Å². The number of hydrogen-bond donors (Lipinski definition) is 0. The molecular weight excluding hydrogens is 339 g/mol. The van der Waals surface area contributed by atoms with Crippen LogP contribution < -0.4 is 0 Å². The number of nitrogens with zero attached hydrogens (tertiary/aromatic N) is 3. The largest absolute Gasteiger partial charge is 0.417 e. The molecule has 1 aromatic heterocycles. The smallest absolute Gasteiger partial charge is 0.337 e. The SMILES string of the molecule is Cc1cc(C(F)(F)F)c(C#N)c(SCC(=O)N(C(C)C)C(C)C)n1. The number of carbonyl (C=O) groups excluding carboxylic acids is 1. The van der Waals surface area contributed by atoms with Crippen molar-refractivity contribution in [2.45, 2.75) is 57.9 Å². The van der Waals surface area contributed by atoms with E-state index in [1.54, 1.807) is 11.0 Å². The number of hydrogen-bond acceptors (Lipinski definition) is 4. The van der Waals surface area contributed by atoms with Gasteiger partial charge in [-0.2, -0.15) is 18.4 Å². The van der Waals surface area contributed by atoms with Crippen LogP contribution in [-0.4, -0.2) is 33.6 Å². The predicted octanol–water partition coefficient (Wildman–Crippen LogP) is 4.02. The Kier molecular flexibility index (Phi) is 6.67. The van der Waals surface area contributed by atoms with E-state index in [0.717, 1.165) is 17.8 Å². The molecule has 0 aliphatic rings. The Morgan fingerprint density at radius 3 is 2.29 bits per heavy atom. The van der Waals surface area contributed by atoms with Crippen molar-refractivity contribution in [1.29, 1.82) is 5.26 Å². The molecule has 4 nitrogen and oxygen atoms in total. The summed E-state index contributed by atoms with van der Waals surface area (Å²) in [6.07, 6.45) is -4.64. The molecule has 0 bridgehead atoms. The molecule has 0 aliphatic heterocycles. The third kappa shape index (κ3) is 4.87. The van der Waals surface area contributed by atoms with Gasteiger partial charge in [0.2, 0.25) is 5.91 Å². The number of amides is 1. The van der Waals surface area contributed by atoms with Crippen LogP contribution in [0.25, 0.3) is 0 Å². The third-order valence-electron chi connectivity index (χ3n) is 3.26. The second-order valence-corrected chi connectivity index (χ2v) is 6.84. The molecule has 0 atom stereocenters. The van der Waals surface area contributed by atoms with Crippen molar-refractivity contribution < 1.29 is 18.0 Å². The molecule has 24 heavy (non-hydrogen) atoms. The van der Waals surface area contributed by atoms with E-state index in [-0.39, 0.29) is 34.5 Å². The Hall–Kier alpha value is -1.75. The fourth-order valence-corrected chi connectivity index (χ4v) is 3.38. The second kappa shape index (κ2) is 7.88. The van der Waals surface area contributed by atoms with Crippen molar-refractivity contribution in [3.63, 3.8) is 0 Å². The van der Waals surface area contributed by atoms with Gasteiger partial charge in [-0.15, -0.1) is 0 Å². The van der Waals surface area contributed by atoms with Crippen LogP contribution in [0.2, 0.25) is 0 Å². The Bertz CT molecular complexity index is 643. The summed E-state index contributed by atoms with van der Waals surface area (Å²) in [5.74, 6) is -0.274. The van der Waals surface area contributed by atoms with Gasteiger partial charge in [0.25, 0.3) is 0 Å². The summed E-state index contributed by atoms with van der Waals surface area (Å²) in [5.41, 5.74) is -1.40. The highest BCUT2D eigenvalue weighted by Gasteiger charge is 2.35. The maximum Gasteiger partial charge on any atom is 0.417 e. The molecule has 0 spiro atoms. The Balaban J connectivity index is 3.11. The minimum absolute atomic E-state index is 0.0234. The molecule has 0 radical (unpaired) electrons. The molecule has 8 heteroatoms. The van der Waals surface area contributed by atoms with Gasteiger partial charge in [-0.1, -0.05) is 11.8 Å². The summed E-state index contributed by atoms with van der Waals surface area (Å²) in [6, 6.07) is 2.37. The van der Waals surface area contributed by atoms with Crippen LogP contribution in [0, 0.1) is 18.3 Å². The number of thioether (sulfide) groups is 1. The van der Waals surface area contributed by atoms with E-state index in [4.69, 9.17) is 5.26 Å². The zero-order chi connectivity index (χ0) is 18.7. The number of nitriles is 1. The lowest BCUT2D eigenvalue weighted by Gasteiger charge is -2.30. The second-order valence-electron chi connectivity index (χ2n) is 5.88. The predicted molar refractivity (Wildman–Crippen MR) is 86.5 cm³/mol. The highest BCUT2D eigenvalue weighted by Crippen LogP contribution is 2.35. The van der Waals surface area contributed by atoms with Crippen LogP contribution in [0.15, 0.2) is 11.1 Å². The standard InChI is InChI=1S/C16H20F3N3OS/c1-9(2)22(10(3)4)14(23)8-24-15-12(7-20)13(16(17,18)19)6-11(5)21-15/h6,9-10H,8H2,1-5H3. The molecular formula is C16H20F3N3OS. The molecule has 1 rings (SSSR count). The Morgan fingerprint density at radius 2 is 1.88 bits per heavy atom. The van der Waals surface area contributed by atoms with Crippen molar-refractivity contribution in [3.8, 4) is 6.07 Å². The number of aryl methyl sites for hydroxylation is 1. The van der Waals surface area contributed by atoms with Gasteiger partial charge in [0.05, 0.1) is 16.9 Å². The van der Waals surface area contributed by atoms with Crippen molar-refractivity contribution in [2.75, 3.05) is 5.75 Å². The molecule has 0 aromatic carbocycles. The molecule has 0 saturated carbocycles. The first-order valence-electron chi connectivity index (χ1n) is 7.41. The molecule has 132 valence electrons. The van der Waals surface area contributed by atoms with Gasteiger partial charge >= 0.3 is 6.18 Å². The van der Waals surface area contributed by atoms with Crippen molar-refractivity contribution in [2.24, 2.45) is 0 Å². The van der Waals surface area contributed by atoms with E-state index >= 15 is 0 Å². The van der Waals surface area contributed by atoms with Crippen LogP contribution in [0.4, 0.5) is 13.2 Å². The minimum atomic E-state index is -4.64. The molecule has 0 aliphatic carbocycles. The van der Waals surface area contributed by atoms with Gasteiger partial charge in [0.15, 0.2) is 0 Å². The van der Waals surface area contributed by atoms with E-state index in [1.807, 2.05) is 27.7 Å². The highest BCUT2D eigenvalue weighted by atomic mass is 32.2. The van der Waals surface area contributed by atoms with E-state index in [0.29, 0.717) is 0 Å². The number of carbonyl (C=O) groups is 1. The quantitative estimate of drug-likeness (QED) is 0.745. The monoisotopic (exact) mass is 359 g/mol. The van der Waals surface area contributed by atoms with Crippen molar-refractivity contribution >= 4 is 17.7 Å². The molecule has 1 heterocycles. The normalized spacial score (nSPS) is 11.7. The zero-order valence-electron chi connectivity index (χ0n) is 14.2. The van der Waals surface area contributed by atoms with Crippen LogP contribution in [0.5, 0.6) is 0 Å². The topological polar surface area (TPSA) is 57.0 Å². The maximum absolute atomic E-state index is 13.1. The number of pyridine rings is 1. The third-order valence-corrected chi connectivity index (χ3v) is 4.22. The van der Waals surface area contributed by atoms with Crippen LogP contribution in [-0.2, 0) is 11.0 Å². The summed E-state index contributed by atoms with van der Waals surface area (Å²) in [4.78, 5) is 18.0. The molecule has 1 amide bonds. The number of halogens is 3. The summed E-state index contributed by atoms with van der Waals surface area (Å²) < 4.78 is 39.2. The van der Waals surface area contributed by atoms with Gasteiger partial charge in [-0.3, -0.25) is 4.79 Å². The Labute approximate surface area is 144 Å². The van der Waals surface area contributed by atoms with Crippen molar-refractivity contribution in [1.82, 2.24) is 9.88 Å². The van der Waals surface area contributed by atoms with E-state index in [1.165, 1.54) is 6.92 Å². The molecule has 0 fully saturated rings. The zero-order valence-corrected chi connectivity index (χ0v) is 15.0. The molecule has 0 saturated heterocycles. The van der Waals surface area contributed by atoms with E-state index in [2.05, 4.69) is 4.98 Å². The molecule has 0 N–H and O–H groups in total. The fraction of sp³-hybridized carbons (Fsp3) is 0.562. The summed E-state index contributed by atoms with van der Waals surface area (Å²) in [7, 11) is 0. The first-order valence-corrected chi connectivity index (χ1v) is 8.40. The molecule has 1 aromatic rings. The van der Waals surface area contributed by atoms with Gasteiger partial charge in [0, 0.05) is 17.8 Å². The summed E-state index contributed by atoms with van der Waals surface area (Å²) in [6.45, 7) is 8.91. The minimum Gasteiger partial charge on any atom is -0.337 e. The first kappa shape index (κ1) is 20.3. The fourth-order valence-electron chi connectivity index (χ4n) is 2.46. The first-order chi connectivity index (χ1) is 11.0. The van der Waals surface area contributed by atoms with Crippen LogP contribution >= 0.6 is 11.8 Å². The van der Waals surface area contributed by atoms with E-state index in [9.17, 15) is 18.0 Å². The summed E-state index contributed by atoms with van der Waals surface area (Å²) in [5, 5.41) is 9.04. The number of rotatable bonds is 5. The van der Waals surface area contributed by atoms with Crippen LogP contribution in [0.3, 0.4) is 0 Å². The Morgan fingerprint density at radius 1 is 1.33 bits per heavy atom. The molecule has 0 unspecified atom stereocenters. The maximum atomic E-state index is 13.1. The van der Waals surface area contributed by atoms with Crippen LogP contribution in [0.1, 0.15) is 44.5 Å². The van der Waals surface area contributed by atoms with Crippen molar-refractivity contribution in [3.05, 3.63) is 22.9 Å². The lowest BCUT2D eigenvalue weighted by molar-refractivity contribution is -0.138. The summed E-state index contributed by atoms with van der Waals surface area (Å²) >= 11 is 0.862.